The molecule has 1 aliphatic rings. The second kappa shape index (κ2) is 5.52. The SMILES string of the molecule is CN(C1CCCC1)S(=O)(=O)c1cccnc1C(N)=S. The summed E-state index contributed by atoms with van der Waals surface area (Å²) in [5, 5.41) is 0. The zero-order valence-electron chi connectivity index (χ0n) is 10.7. The van der Waals surface area contributed by atoms with E-state index in [1.54, 1.807) is 13.1 Å². The molecule has 1 saturated carbocycles. The number of sulfonamides is 1. The van der Waals surface area contributed by atoms with Gasteiger partial charge in [-0.2, -0.15) is 4.31 Å². The van der Waals surface area contributed by atoms with E-state index in [4.69, 9.17) is 18.0 Å². The molecule has 1 heterocycles. The van der Waals surface area contributed by atoms with Crippen LogP contribution in [-0.4, -0.2) is 35.8 Å². The van der Waals surface area contributed by atoms with Crippen molar-refractivity contribution in [3.05, 3.63) is 24.0 Å². The average molecular weight is 299 g/mol. The quantitative estimate of drug-likeness (QED) is 0.848. The van der Waals surface area contributed by atoms with E-state index >= 15 is 0 Å². The third-order valence-electron chi connectivity index (χ3n) is 3.50. The fraction of sp³-hybridized carbons (Fsp3) is 0.500. The highest BCUT2D eigenvalue weighted by molar-refractivity contribution is 7.89. The summed E-state index contributed by atoms with van der Waals surface area (Å²) in [4.78, 5) is 4.07. The Bertz CT molecular complexity index is 580. The number of thiocarbonyl (C=S) groups is 1. The van der Waals surface area contributed by atoms with Crippen molar-refractivity contribution in [1.82, 2.24) is 9.29 Å². The number of rotatable bonds is 4. The molecule has 19 heavy (non-hydrogen) atoms. The van der Waals surface area contributed by atoms with E-state index in [0.29, 0.717) is 0 Å². The zero-order chi connectivity index (χ0) is 14.0. The van der Waals surface area contributed by atoms with Gasteiger partial charge >= 0.3 is 0 Å². The lowest BCUT2D eigenvalue weighted by molar-refractivity contribution is 0.373. The highest BCUT2D eigenvalue weighted by atomic mass is 32.2. The summed E-state index contributed by atoms with van der Waals surface area (Å²) < 4.78 is 26.7. The molecule has 1 aliphatic carbocycles. The van der Waals surface area contributed by atoms with Crippen molar-refractivity contribution in [1.29, 1.82) is 0 Å². The van der Waals surface area contributed by atoms with Gasteiger partial charge in [-0.25, -0.2) is 8.42 Å². The molecule has 2 N–H and O–H groups in total. The van der Waals surface area contributed by atoms with Gasteiger partial charge in [-0.05, 0) is 25.0 Å². The molecule has 104 valence electrons. The van der Waals surface area contributed by atoms with Crippen LogP contribution in [0.3, 0.4) is 0 Å². The molecule has 0 saturated heterocycles. The molecule has 7 heteroatoms. The lowest BCUT2D eigenvalue weighted by atomic mass is 10.3. The first-order valence-electron chi connectivity index (χ1n) is 6.17. The average Bonchev–Trinajstić information content (AvgIpc) is 2.91. The van der Waals surface area contributed by atoms with Crippen LogP contribution in [0.5, 0.6) is 0 Å². The Morgan fingerprint density at radius 2 is 2.11 bits per heavy atom. The van der Waals surface area contributed by atoms with Crippen LogP contribution in [0, 0.1) is 0 Å². The van der Waals surface area contributed by atoms with Gasteiger partial charge in [0, 0.05) is 19.3 Å². The third-order valence-corrected chi connectivity index (χ3v) is 5.64. The van der Waals surface area contributed by atoms with Gasteiger partial charge in [-0.15, -0.1) is 0 Å². The standard InChI is InChI=1S/C12H17N3O2S2/c1-15(9-5-2-3-6-9)19(16,17)10-7-4-8-14-11(10)12(13)18/h4,7-9H,2-3,5-6H2,1H3,(H2,13,18). The summed E-state index contributed by atoms with van der Waals surface area (Å²) in [6.07, 6.45) is 5.43. The van der Waals surface area contributed by atoms with Crippen LogP contribution in [0.25, 0.3) is 0 Å². The van der Waals surface area contributed by atoms with Gasteiger partial charge in [0.2, 0.25) is 10.0 Å². The fourth-order valence-electron chi connectivity index (χ4n) is 2.40. The molecule has 0 amide bonds. The van der Waals surface area contributed by atoms with Gasteiger partial charge in [0.05, 0.1) is 0 Å². The van der Waals surface area contributed by atoms with Crippen molar-refractivity contribution >= 4 is 27.2 Å². The van der Waals surface area contributed by atoms with Crippen LogP contribution >= 0.6 is 12.2 Å². The minimum Gasteiger partial charge on any atom is -0.388 e. The summed E-state index contributed by atoms with van der Waals surface area (Å²) in [6, 6.07) is 3.14. The Morgan fingerprint density at radius 3 is 2.68 bits per heavy atom. The van der Waals surface area contributed by atoms with Crippen LogP contribution in [0.4, 0.5) is 0 Å². The summed E-state index contributed by atoms with van der Waals surface area (Å²) in [5.74, 6) is 0. The molecule has 0 unspecified atom stereocenters. The Kier molecular flexibility index (Phi) is 4.17. The molecule has 1 fully saturated rings. The van der Waals surface area contributed by atoms with E-state index in [1.807, 2.05) is 0 Å². The predicted molar refractivity (Wildman–Crippen MR) is 77.3 cm³/mol. The first-order valence-corrected chi connectivity index (χ1v) is 8.02. The molecule has 0 spiro atoms. The number of hydrogen-bond acceptors (Lipinski definition) is 4. The minimum atomic E-state index is -3.59. The number of aromatic nitrogens is 1. The molecule has 0 radical (unpaired) electrons. The normalized spacial score (nSPS) is 16.9. The Balaban J connectivity index is 2.41. The van der Waals surface area contributed by atoms with E-state index in [2.05, 4.69) is 4.98 Å². The highest BCUT2D eigenvalue weighted by Crippen LogP contribution is 2.28. The van der Waals surface area contributed by atoms with E-state index in [0.717, 1.165) is 25.7 Å². The third kappa shape index (κ3) is 2.77. The van der Waals surface area contributed by atoms with Crippen molar-refractivity contribution in [2.75, 3.05) is 7.05 Å². The molecular weight excluding hydrogens is 282 g/mol. The topological polar surface area (TPSA) is 76.3 Å². The maximum Gasteiger partial charge on any atom is 0.245 e. The molecule has 0 aromatic carbocycles. The van der Waals surface area contributed by atoms with Crippen molar-refractivity contribution in [2.24, 2.45) is 5.73 Å². The Morgan fingerprint density at radius 1 is 1.47 bits per heavy atom. The summed E-state index contributed by atoms with van der Waals surface area (Å²) in [6.45, 7) is 0. The number of hydrogen-bond donors (Lipinski definition) is 1. The van der Waals surface area contributed by atoms with E-state index in [1.165, 1.54) is 16.6 Å². The van der Waals surface area contributed by atoms with Gasteiger partial charge < -0.3 is 5.73 Å². The summed E-state index contributed by atoms with van der Waals surface area (Å²) >= 11 is 4.87. The van der Waals surface area contributed by atoms with Crippen LogP contribution in [0.2, 0.25) is 0 Å². The molecule has 0 bridgehead atoms. The van der Waals surface area contributed by atoms with Crippen LogP contribution in [0.15, 0.2) is 23.2 Å². The molecular formula is C12H17N3O2S2. The van der Waals surface area contributed by atoms with E-state index in [9.17, 15) is 8.42 Å². The fourth-order valence-corrected chi connectivity index (χ4v) is 4.20. The molecule has 5 nitrogen and oxygen atoms in total. The van der Waals surface area contributed by atoms with E-state index < -0.39 is 10.0 Å². The van der Waals surface area contributed by atoms with Gasteiger partial charge in [-0.3, -0.25) is 4.98 Å². The largest absolute Gasteiger partial charge is 0.388 e. The Labute approximate surface area is 118 Å². The minimum absolute atomic E-state index is 0.000929. The van der Waals surface area contributed by atoms with Gasteiger partial charge in [-0.1, -0.05) is 25.1 Å². The smallest absolute Gasteiger partial charge is 0.245 e. The second-order valence-electron chi connectivity index (χ2n) is 4.67. The number of pyridine rings is 1. The van der Waals surface area contributed by atoms with Crippen LogP contribution < -0.4 is 5.73 Å². The Hall–Kier alpha value is -1.05. The van der Waals surface area contributed by atoms with Crippen molar-refractivity contribution in [3.8, 4) is 0 Å². The summed E-state index contributed by atoms with van der Waals surface area (Å²) in [5.41, 5.74) is 5.72. The van der Waals surface area contributed by atoms with E-state index in [-0.39, 0.29) is 21.6 Å². The number of nitrogens with two attached hydrogens (primary N) is 1. The molecule has 0 atom stereocenters. The molecule has 2 rings (SSSR count). The lowest BCUT2D eigenvalue weighted by Crippen LogP contribution is -2.36. The maximum absolute atomic E-state index is 12.6. The lowest BCUT2D eigenvalue weighted by Gasteiger charge is -2.24. The van der Waals surface area contributed by atoms with Gasteiger partial charge in [0.15, 0.2) is 0 Å². The van der Waals surface area contributed by atoms with Gasteiger partial charge in [0.25, 0.3) is 0 Å². The van der Waals surface area contributed by atoms with Crippen LogP contribution in [0.1, 0.15) is 31.4 Å². The predicted octanol–water partition coefficient (Wildman–Crippen LogP) is 1.28. The first-order chi connectivity index (χ1) is 8.94. The van der Waals surface area contributed by atoms with Crippen molar-refractivity contribution < 1.29 is 8.42 Å². The summed E-state index contributed by atoms with van der Waals surface area (Å²) in [7, 11) is -1.98. The maximum atomic E-state index is 12.6. The zero-order valence-corrected chi connectivity index (χ0v) is 12.4. The van der Waals surface area contributed by atoms with Crippen molar-refractivity contribution in [3.63, 3.8) is 0 Å². The van der Waals surface area contributed by atoms with Gasteiger partial charge in [0.1, 0.15) is 15.6 Å². The molecule has 1 aromatic rings. The second-order valence-corrected chi connectivity index (χ2v) is 7.08. The molecule has 0 aliphatic heterocycles. The van der Waals surface area contributed by atoms with Crippen molar-refractivity contribution in [2.45, 2.75) is 36.6 Å². The monoisotopic (exact) mass is 299 g/mol. The highest BCUT2D eigenvalue weighted by Gasteiger charge is 2.32. The number of nitrogens with zero attached hydrogens (tertiary/aromatic N) is 2. The van der Waals surface area contributed by atoms with Crippen LogP contribution in [-0.2, 0) is 10.0 Å². The first kappa shape index (κ1) is 14.4. The molecule has 1 aromatic heterocycles.